The summed E-state index contributed by atoms with van der Waals surface area (Å²) in [6, 6.07) is 0. The molecule has 0 N–H and O–H groups in total. The predicted molar refractivity (Wildman–Crippen MR) is 104 cm³/mol. The average Bonchev–Trinajstić information content (AvgIpc) is 2.61. The van der Waals surface area contributed by atoms with Gasteiger partial charge in [-0.05, 0) is 43.7 Å². The van der Waals surface area contributed by atoms with Gasteiger partial charge in [-0.1, -0.05) is 19.3 Å². The maximum atomic E-state index is 5.39. The van der Waals surface area contributed by atoms with Gasteiger partial charge in [0, 0.05) is 40.8 Å². The fraction of sp³-hybridized carbons (Fsp3) is 1.00. The molecule has 1 rings (SSSR count). The van der Waals surface area contributed by atoms with E-state index in [0.29, 0.717) is 0 Å². The van der Waals surface area contributed by atoms with Crippen LogP contribution in [0.3, 0.4) is 0 Å². The first-order valence-corrected chi connectivity index (χ1v) is 13.2. The molecule has 0 bridgehead atoms. The normalized spacial score (nSPS) is 16.8. The van der Waals surface area contributed by atoms with E-state index in [1.54, 1.807) is 28.4 Å². The molecule has 0 aromatic heterocycles. The molecule has 23 heavy (non-hydrogen) atoms. The molecule has 0 aliphatic heterocycles. The first kappa shape index (κ1) is 22.2. The van der Waals surface area contributed by atoms with Gasteiger partial charge >= 0.3 is 0 Å². The monoisotopic (exact) mass is 384 g/mol. The second-order valence-corrected chi connectivity index (χ2v) is 12.4. The number of hydrogen-bond donors (Lipinski definition) is 0. The van der Waals surface area contributed by atoms with E-state index < -0.39 is 16.8 Å². The lowest BCUT2D eigenvalue weighted by Gasteiger charge is -2.31. The minimum absolute atomic E-state index is 0.138. The fourth-order valence-electron chi connectivity index (χ4n) is 3.24. The van der Waals surface area contributed by atoms with Crippen LogP contribution in [0.5, 0.6) is 0 Å². The number of hydrogen-bond acceptors (Lipinski definition) is 4. The minimum atomic E-state index is -0.659. The summed E-state index contributed by atoms with van der Waals surface area (Å²) in [4.78, 5) is 0. The van der Waals surface area contributed by atoms with Crippen LogP contribution < -0.4 is 0 Å². The molecule has 0 atom stereocenters. The Morgan fingerprint density at radius 1 is 0.652 bits per heavy atom. The molecule has 0 radical (unpaired) electrons. The third-order valence-electron chi connectivity index (χ3n) is 4.48. The summed E-state index contributed by atoms with van der Waals surface area (Å²) in [5, 5.41) is 0. The second-order valence-electron chi connectivity index (χ2n) is 5.88. The van der Waals surface area contributed by atoms with Gasteiger partial charge < -0.3 is 18.1 Å². The van der Waals surface area contributed by atoms with Gasteiger partial charge in [0.25, 0.3) is 0 Å². The van der Waals surface area contributed by atoms with E-state index in [9.17, 15) is 0 Å². The standard InChI is InChI=1S/C16H35O4P3/c1-17-22(18-2)14-8-12-21(16-10-6-5-7-11-16)13-9-15-23(19-3)20-4/h16H,5-15H2,1-4H3. The van der Waals surface area contributed by atoms with Crippen molar-refractivity contribution in [3.8, 4) is 0 Å². The van der Waals surface area contributed by atoms with E-state index in [1.807, 2.05) is 0 Å². The van der Waals surface area contributed by atoms with Crippen molar-refractivity contribution in [2.24, 2.45) is 0 Å². The van der Waals surface area contributed by atoms with E-state index in [1.165, 1.54) is 57.3 Å². The molecule has 0 aromatic rings. The van der Waals surface area contributed by atoms with Crippen molar-refractivity contribution < 1.29 is 18.1 Å². The van der Waals surface area contributed by atoms with Crippen LogP contribution in [-0.2, 0) is 18.1 Å². The van der Waals surface area contributed by atoms with Gasteiger partial charge in [0.1, 0.15) is 0 Å². The Labute approximate surface area is 147 Å². The Hall–Kier alpha value is 1.13. The molecule has 1 aliphatic rings. The molecule has 1 aliphatic carbocycles. The van der Waals surface area contributed by atoms with Gasteiger partial charge in [-0.15, -0.1) is 7.92 Å². The summed E-state index contributed by atoms with van der Waals surface area (Å²) in [7, 11) is 5.86. The third-order valence-corrected chi connectivity index (χ3v) is 10.8. The summed E-state index contributed by atoms with van der Waals surface area (Å²) in [5.74, 6) is 0. The van der Waals surface area contributed by atoms with Crippen molar-refractivity contribution in [2.75, 3.05) is 53.1 Å². The molecule has 0 spiro atoms. The lowest BCUT2D eigenvalue weighted by atomic mass is 10.0. The van der Waals surface area contributed by atoms with Gasteiger partial charge in [-0.3, -0.25) is 0 Å². The SMILES string of the molecule is COP(CCCP(CCCP(OC)OC)C1CCCCC1)OC. The van der Waals surface area contributed by atoms with E-state index in [0.717, 1.165) is 18.0 Å². The van der Waals surface area contributed by atoms with Gasteiger partial charge in [-0.25, -0.2) is 0 Å². The van der Waals surface area contributed by atoms with Crippen molar-refractivity contribution in [1.82, 2.24) is 0 Å². The molecule has 7 heteroatoms. The van der Waals surface area contributed by atoms with Crippen molar-refractivity contribution in [1.29, 1.82) is 0 Å². The van der Waals surface area contributed by atoms with Crippen LogP contribution in [0.2, 0.25) is 0 Å². The summed E-state index contributed by atoms with van der Waals surface area (Å²) in [6.45, 7) is 0. The van der Waals surface area contributed by atoms with Crippen molar-refractivity contribution >= 4 is 24.7 Å². The summed E-state index contributed by atoms with van der Waals surface area (Å²) in [5.41, 5.74) is 0.992. The molecule has 0 amide bonds. The van der Waals surface area contributed by atoms with Crippen LogP contribution in [0.25, 0.3) is 0 Å². The summed E-state index contributed by atoms with van der Waals surface area (Å²) < 4.78 is 21.6. The molecule has 138 valence electrons. The average molecular weight is 384 g/mol. The smallest absolute Gasteiger partial charge is 0.169 e. The van der Waals surface area contributed by atoms with Crippen LogP contribution >= 0.6 is 24.7 Å². The molecule has 4 nitrogen and oxygen atoms in total. The quantitative estimate of drug-likeness (QED) is 0.377. The summed E-state index contributed by atoms with van der Waals surface area (Å²) in [6.07, 6.45) is 14.6. The first-order chi connectivity index (χ1) is 11.2. The van der Waals surface area contributed by atoms with Gasteiger partial charge in [-0.2, -0.15) is 0 Å². The van der Waals surface area contributed by atoms with Gasteiger partial charge in [0.2, 0.25) is 0 Å². The summed E-state index contributed by atoms with van der Waals surface area (Å²) >= 11 is 0. The number of rotatable bonds is 13. The van der Waals surface area contributed by atoms with E-state index >= 15 is 0 Å². The molecule has 0 aromatic carbocycles. The molecule has 0 unspecified atom stereocenters. The largest absolute Gasteiger partial charge is 0.337 e. The van der Waals surface area contributed by atoms with Crippen LogP contribution in [-0.4, -0.2) is 58.7 Å². The van der Waals surface area contributed by atoms with Crippen LogP contribution in [0.4, 0.5) is 0 Å². The highest BCUT2D eigenvalue weighted by Gasteiger charge is 2.23. The minimum Gasteiger partial charge on any atom is -0.337 e. The second kappa shape index (κ2) is 14.3. The van der Waals surface area contributed by atoms with E-state index in [2.05, 4.69) is 0 Å². The molecular weight excluding hydrogens is 349 g/mol. The fourth-order valence-corrected chi connectivity index (χ4v) is 8.78. The molecule has 1 fully saturated rings. The predicted octanol–water partition coefficient (Wildman–Crippen LogP) is 5.79. The molecule has 0 saturated heterocycles. The molecule has 0 heterocycles. The third kappa shape index (κ3) is 9.41. The van der Waals surface area contributed by atoms with Gasteiger partial charge in [0.15, 0.2) is 16.8 Å². The van der Waals surface area contributed by atoms with Crippen molar-refractivity contribution in [3.63, 3.8) is 0 Å². The van der Waals surface area contributed by atoms with Crippen molar-refractivity contribution in [2.45, 2.75) is 50.6 Å². The Kier molecular flexibility index (Phi) is 13.8. The zero-order chi connectivity index (χ0) is 16.9. The topological polar surface area (TPSA) is 36.9 Å². The Bertz CT molecular complexity index is 252. The van der Waals surface area contributed by atoms with Crippen LogP contribution in [0, 0.1) is 0 Å². The Morgan fingerprint density at radius 3 is 1.48 bits per heavy atom. The first-order valence-electron chi connectivity index (χ1n) is 8.70. The lowest BCUT2D eigenvalue weighted by Crippen LogP contribution is -2.15. The highest BCUT2D eigenvalue weighted by atomic mass is 31.2. The van der Waals surface area contributed by atoms with Crippen LogP contribution in [0.1, 0.15) is 44.9 Å². The molecule has 1 saturated carbocycles. The Morgan fingerprint density at radius 2 is 1.09 bits per heavy atom. The lowest BCUT2D eigenvalue weighted by molar-refractivity contribution is 0.340. The zero-order valence-corrected chi connectivity index (χ0v) is 18.0. The highest BCUT2D eigenvalue weighted by Crippen LogP contribution is 2.51. The van der Waals surface area contributed by atoms with Gasteiger partial charge in [0.05, 0.1) is 0 Å². The zero-order valence-electron chi connectivity index (χ0n) is 15.3. The van der Waals surface area contributed by atoms with Crippen LogP contribution in [0.15, 0.2) is 0 Å². The maximum Gasteiger partial charge on any atom is 0.169 e. The maximum absolute atomic E-state index is 5.39. The highest BCUT2D eigenvalue weighted by molar-refractivity contribution is 7.58. The Balaban J connectivity index is 2.38. The van der Waals surface area contributed by atoms with Crippen molar-refractivity contribution in [3.05, 3.63) is 0 Å². The molecular formula is C16H35O4P3. The van der Waals surface area contributed by atoms with E-state index in [4.69, 9.17) is 18.1 Å². The van der Waals surface area contributed by atoms with E-state index in [-0.39, 0.29) is 7.92 Å².